The van der Waals surface area contributed by atoms with Crippen molar-refractivity contribution in [2.45, 2.75) is 52.5 Å². The summed E-state index contributed by atoms with van der Waals surface area (Å²) in [6, 6.07) is 7.95. The summed E-state index contributed by atoms with van der Waals surface area (Å²) in [5, 5.41) is 11.5. The zero-order valence-electron chi connectivity index (χ0n) is 15.3. The number of hydrogen-bond acceptors (Lipinski definition) is 4. The summed E-state index contributed by atoms with van der Waals surface area (Å²) in [6.07, 6.45) is 2.67. The zero-order valence-corrected chi connectivity index (χ0v) is 16.1. The maximum atomic E-state index is 12.6. The quantitative estimate of drug-likeness (QED) is 0.774. The van der Waals surface area contributed by atoms with Gasteiger partial charge in [-0.3, -0.25) is 9.20 Å². The third kappa shape index (κ3) is 3.90. The molecule has 0 fully saturated rings. The second-order valence-corrected chi connectivity index (χ2v) is 8.88. The number of carbonyl (C=O) groups excluding carboxylic acids is 1. The van der Waals surface area contributed by atoms with Crippen molar-refractivity contribution in [1.82, 2.24) is 19.9 Å². The van der Waals surface area contributed by atoms with E-state index in [4.69, 9.17) is 0 Å². The number of thiophene rings is 1. The molecule has 1 atom stereocenters. The molecule has 0 saturated carbocycles. The summed E-state index contributed by atoms with van der Waals surface area (Å²) in [4.78, 5) is 15.2. The Labute approximate surface area is 152 Å². The predicted molar refractivity (Wildman–Crippen MR) is 101 cm³/mol. The van der Waals surface area contributed by atoms with Crippen LogP contribution in [-0.2, 0) is 11.8 Å². The molecule has 5 nitrogen and oxygen atoms in total. The first kappa shape index (κ1) is 17.6. The van der Waals surface area contributed by atoms with Crippen molar-refractivity contribution < 1.29 is 4.79 Å². The second kappa shape index (κ2) is 6.59. The molecule has 1 N–H and O–H groups in total. The fourth-order valence-electron chi connectivity index (χ4n) is 2.79. The summed E-state index contributed by atoms with van der Waals surface area (Å²) in [5.41, 5.74) is 1.23. The monoisotopic (exact) mass is 356 g/mol. The van der Waals surface area contributed by atoms with Gasteiger partial charge in [0.15, 0.2) is 5.65 Å². The van der Waals surface area contributed by atoms with Crippen LogP contribution in [0, 0.1) is 6.92 Å². The van der Waals surface area contributed by atoms with E-state index in [2.05, 4.69) is 55.3 Å². The molecule has 0 aromatic carbocycles. The second-order valence-electron chi connectivity index (χ2n) is 7.51. The van der Waals surface area contributed by atoms with Crippen LogP contribution in [0.4, 0.5) is 0 Å². The lowest BCUT2D eigenvalue weighted by atomic mass is 9.96. The van der Waals surface area contributed by atoms with E-state index in [0.29, 0.717) is 5.56 Å². The molecule has 132 valence electrons. The Hall–Kier alpha value is -2.21. The van der Waals surface area contributed by atoms with Gasteiger partial charge in [0, 0.05) is 33.8 Å². The molecule has 0 radical (unpaired) electrons. The Morgan fingerprint density at radius 2 is 2.00 bits per heavy atom. The van der Waals surface area contributed by atoms with Gasteiger partial charge in [0.05, 0.1) is 5.56 Å². The first-order chi connectivity index (χ1) is 11.7. The molecule has 1 amide bonds. The SMILES string of the molecule is Cc1ccc(CC(C)NC(=O)c2ccc3nnc(C(C)(C)C)n3c2)s1. The topological polar surface area (TPSA) is 59.3 Å². The highest BCUT2D eigenvalue weighted by Gasteiger charge is 2.21. The first-order valence-corrected chi connectivity index (χ1v) is 9.27. The average Bonchev–Trinajstić information content (AvgIpc) is 3.11. The molecule has 3 rings (SSSR count). The largest absolute Gasteiger partial charge is 0.349 e. The van der Waals surface area contributed by atoms with Crippen LogP contribution in [-0.4, -0.2) is 26.5 Å². The number of pyridine rings is 1. The Morgan fingerprint density at radius 1 is 1.24 bits per heavy atom. The number of nitrogens with zero attached hydrogens (tertiary/aromatic N) is 3. The van der Waals surface area contributed by atoms with Crippen LogP contribution < -0.4 is 5.32 Å². The Balaban J connectivity index is 1.77. The third-order valence-corrected chi connectivity index (χ3v) is 5.04. The summed E-state index contributed by atoms with van der Waals surface area (Å²) in [6.45, 7) is 10.4. The summed E-state index contributed by atoms with van der Waals surface area (Å²) in [7, 11) is 0. The molecule has 0 spiro atoms. The number of nitrogens with one attached hydrogen (secondary N) is 1. The molecule has 0 aliphatic heterocycles. The molecule has 3 aromatic heterocycles. The highest BCUT2D eigenvalue weighted by atomic mass is 32.1. The van der Waals surface area contributed by atoms with Gasteiger partial charge in [-0.05, 0) is 38.1 Å². The fraction of sp³-hybridized carbons (Fsp3) is 0.421. The molecule has 3 heterocycles. The molecule has 6 heteroatoms. The van der Waals surface area contributed by atoms with Crippen molar-refractivity contribution in [3.8, 4) is 0 Å². The molecule has 0 saturated heterocycles. The molecular formula is C19H24N4OS. The third-order valence-electron chi connectivity index (χ3n) is 4.02. The highest BCUT2D eigenvalue weighted by Crippen LogP contribution is 2.21. The van der Waals surface area contributed by atoms with Gasteiger partial charge in [-0.2, -0.15) is 0 Å². The van der Waals surface area contributed by atoms with Crippen LogP contribution in [0.25, 0.3) is 5.65 Å². The van der Waals surface area contributed by atoms with E-state index < -0.39 is 0 Å². The van der Waals surface area contributed by atoms with Gasteiger partial charge in [0.25, 0.3) is 5.91 Å². The van der Waals surface area contributed by atoms with E-state index in [1.807, 2.05) is 23.6 Å². The van der Waals surface area contributed by atoms with Gasteiger partial charge in [-0.25, -0.2) is 0 Å². The lowest BCUT2D eigenvalue weighted by molar-refractivity contribution is 0.0939. The van der Waals surface area contributed by atoms with Crippen molar-refractivity contribution >= 4 is 22.9 Å². The highest BCUT2D eigenvalue weighted by molar-refractivity contribution is 7.11. The van der Waals surface area contributed by atoms with Gasteiger partial charge in [-0.15, -0.1) is 21.5 Å². The van der Waals surface area contributed by atoms with Crippen LogP contribution in [0.2, 0.25) is 0 Å². The fourth-order valence-corrected chi connectivity index (χ4v) is 3.81. The van der Waals surface area contributed by atoms with Gasteiger partial charge in [0.2, 0.25) is 0 Å². The van der Waals surface area contributed by atoms with Gasteiger partial charge in [0.1, 0.15) is 5.82 Å². The van der Waals surface area contributed by atoms with Gasteiger partial charge in [-0.1, -0.05) is 20.8 Å². The van der Waals surface area contributed by atoms with E-state index >= 15 is 0 Å². The van der Waals surface area contributed by atoms with Crippen molar-refractivity contribution in [3.63, 3.8) is 0 Å². The predicted octanol–water partition coefficient (Wildman–Crippen LogP) is 3.76. The van der Waals surface area contributed by atoms with Gasteiger partial charge >= 0.3 is 0 Å². The van der Waals surface area contributed by atoms with E-state index in [0.717, 1.165) is 17.9 Å². The van der Waals surface area contributed by atoms with Crippen LogP contribution in [0.5, 0.6) is 0 Å². The van der Waals surface area contributed by atoms with E-state index in [9.17, 15) is 4.79 Å². The lowest BCUT2D eigenvalue weighted by Gasteiger charge is -2.16. The number of hydrogen-bond donors (Lipinski definition) is 1. The standard InChI is InChI=1S/C19H24N4OS/c1-12(10-15-8-6-13(2)25-15)20-17(24)14-7-9-16-21-22-18(19(3,4)5)23(16)11-14/h6-9,11-12H,10H2,1-5H3,(H,20,24). The number of amides is 1. The normalized spacial score (nSPS) is 13.2. The minimum Gasteiger partial charge on any atom is -0.349 e. The van der Waals surface area contributed by atoms with Crippen molar-refractivity contribution in [2.24, 2.45) is 0 Å². The molecule has 0 aliphatic rings. The minimum absolute atomic E-state index is 0.0729. The number of fused-ring (bicyclic) bond motifs is 1. The molecular weight excluding hydrogens is 332 g/mol. The number of aromatic nitrogens is 3. The van der Waals surface area contributed by atoms with E-state index in [1.54, 1.807) is 17.4 Å². The lowest BCUT2D eigenvalue weighted by Crippen LogP contribution is -2.34. The Kier molecular flexibility index (Phi) is 4.64. The first-order valence-electron chi connectivity index (χ1n) is 8.45. The van der Waals surface area contributed by atoms with Crippen LogP contribution in [0.1, 0.15) is 53.6 Å². The maximum absolute atomic E-state index is 12.6. The van der Waals surface area contributed by atoms with Crippen molar-refractivity contribution in [3.05, 3.63) is 51.6 Å². The number of rotatable bonds is 4. The number of carbonyl (C=O) groups is 1. The van der Waals surface area contributed by atoms with Crippen molar-refractivity contribution in [1.29, 1.82) is 0 Å². The Morgan fingerprint density at radius 3 is 2.64 bits per heavy atom. The van der Waals surface area contributed by atoms with Gasteiger partial charge < -0.3 is 5.32 Å². The van der Waals surface area contributed by atoms with E-state index in [-0.39, 0.29) is 17.4 Å². The van der Waals surface area contributed by atoms with E-state index in [1.165, 1.54) is 9.75 Å². The van der Waals surface area contributed by atoms with Crippen molar-refractivity contribution in [2.75, 3.05) is 0 Å². The molecule has 0 bridgehead atoms. The maximum Gasteiger partial charge on any atom is 0.252 e. The molecule has 1 unspecified atom stereocenters. The van der Waals surface area contributed by atoms with Crippen LogP contribution in [0.3, 0.4) is 0 Å². The Bertz CT molecular complexity index is 904. The molecule has 0 aliphatic carbocycles. The van der Waals surface area contributed by atoms with Crippen LogP contribution in [0.15, 0.2) is 30.5 Å². The number of aryl methyl sites for hydroxylation is 1. The smallest absolute Gasteiger partial charge is 0.252 e. The average molecular weight is 356 g/mol. The molecule has 3 aromatic rings. The zero-order chi connectivity index (χ0) is 18.2. The summed E-state index contributed by atoms with van der Waals surface area (Å²) < 4.78 is 1.90. The van der Waals surface area contributed by atoms with Crippen LogP contribution >= 0.6 is 11.3 Å². The minimum atomic E-state index is -0.140. The summed E-state index contributed by atoms with van der Waals surface area (Å²) in [5.74, 6) is 0.774. The summed E-state index contributed by atoms with van der Waals surface area (Å²) >= 11 is 1.77. The molecule has 25 heavy (non-hydrogen) atoms.